The topological polar surface area (TPSA) is 69.8 Å². The van der Waals surface area contributed by atoms with Crippen molar-refractivity contribution in [1.82, 2.24) is 19.3 Å². The predicted octanol–water partition coefficient (Wildman–Crippen LogP) is 3.51. The van der Waals surface area contributed by atoms with Gasteiger partial charge in [0.2, 0.25) is 5.78 Å². The van der Waals surface area contributed by atoms with Gasteiger partial charge in [-0.3, -0.25) is 14.2 Å². The Kier molecular flexibility index (Phi) is 4.39. The minimum absolute atomic E-state index is 0.151. The highest BCUT2D eigenvalue weighted by atomic mass is 16.1. The van der Waals surface area contributed by atoms with Gasteiger partial charge in [0.05, 0.1) is 24.0 Å². The van der Waals surface area contributed by atoms with Gasteiger partial charge < -0.3 is 0 Å². The fourth-order valence-corrected chi connectivity index (χ4v) is 3.41. The summed E-state index contributed by atoms with van der Waals surface area (Å²) in [7, 11) is 0. The van der Waals surface area contributed by atoms with Gasteiger partial charge in [0.15, 0.2) is 11.5 Å². The van der Waals surface area contributed by atoms with E-state index in [0.717, 1.165) is 11.1 Å². The molecule has 1 aliphatic heterocycles. The second-order valence-electron chi connectivity index (χ2n) is 6.45. The number of hydrogen-bond donors (Lipinski definition) is 0. The normalized spacial score (nSPS) is 11.8. The molecule has 0 saturated carbocycles. The number of ketones is 1. The molecule has 0 N–H and O–H groups in total. The first-order chi connectivity index (χ1) is 13.6. The van der Waals surface area contributed by atoms with Crippen molar-refractivity contribution in [2.75, 3.05) is 0 Å². The molecule has 6 nitrogen and oxygen atoms in total. The summed E-state index contributed by atoms with van der Waals surface area (Å²) in [6.07, 6.45) is 1.53. The molecular weight excluding hydrogens is 352 g/mol. The summed E-state index contributed by atoms with van der Waals surface area (Å²) in [6.45, 7) is 6.40. The summed E-state index contributed by atoms with van der Waals surface area (Å²) >= 11 is 0. The molecule has 6 heteroatoms. The van der Waals surface area contributed by atoms with Crippen LogP contribution in [0.3, 0.4) is 0 Å². The highest BCUT2D eigenvalue weighted by molar-refractivity contribution is 6.13. The van der Waals surface area contributed by atoms with E-state index in [1.165, 1.54) is 10.8 Å². The molecular formula is C22H20N4O2. The summed E-state index contributed by atoms with van der Waals surface area (Å²) in [4.78, 5) is 30.3. The monoisotopic (exact) mass is 372 g/mol. The van der Waals surface area contributed by atoms with Crippen LogP contribution < -0.4 is 5.56 Å². The van der Waals surface area contributed by atoms with E-state index in [1.54, 1.807) is 16.8 Å². The molecule has 0 spiro atoms. The third kappa shape index (κ3) is 2.65. The maximum absolute atomic E-state index is 13.0. The van der Waals surface area contributed by atoms with E-state index in [9.17, 15) is 9.59 Å². The third-order valence-corrected chi connectivity index (χ3v) is 4.68. The van der Waals surface area contributed by atoms with Gasteiger partial charge in [0.1, 0.15) is 5.39 Å². The first kappa shape index (κ1) is 17.9. The Labute approximate surface area is 162 Å². The summed E-state index contributed by atoms with van der Waals surface area (Å²) < 4.78 is 3.06. The lowest BCUT2D eigenvalue weighted by molar-refractivity contribution is 0.103. The number of aryl methyl sites for hydroxylation is 1. The van der Waals surface area contributed by atoms with Crippen LogP contribution in [0.4, 0.5) is 0 Å². The second-order valence-corrected chi connectivity index (χ2v) is 6.45. The van der Waals surface area contributed by atoms with Gasteiger partial charge in [0.25, 0.3) is 5.56 Å². The lowest BCUT2D eigenvalue weighted by Crippen LogP contribution is -2.21. The third-order valence-electron chi connectivity index (χ3n) is 4.68. The molecule has 0 amide bonds. The Bertz CT molecular complexity index is 1250. The van der Waals surface area contributed by atoms with E-state index in [1.807, 2.05) is 57.2 Å². The van der Waals surface area contributed by atoms with Crippen molar-refractivity contribution in [3.8, 4) is 5.69 Å². The number of fused-ring (bicyclic) bond motifs is 4. The fourth-order valence-electron chi connectivity index (χ4n) is 3.41. The smallest absolute Gasteiger partial charge is 0.269 e. The maximum atomic E-state index is 13.0. The molecule has 0 saturated heterocycles. The Hall–Kier alpha value is -3.54. The molecule has 1 aliphatic rings. The zero-order valence-electron chi connectivity index (χ0n) is 16.0. The second kappa shape index (κ2) is 6.88. The van der Waals surface area contributed by atoms with E-state index >= 15 is 0 Å². The average molecular weight is 372 g/mol. The van der Waals surface area contributed by atoms with Crippen LogP contribution in [0.5, 0.6) is 0 Å². The highest BCUT2D eigenvalue weighted by Crippen LogP contribution is 2.27. The molecule has 0 atom stereocenters. The minimum Gasteiger partial charge on any atom is -0.285 e. The van der Waals surface area contributed by atoms with Crippen molar-refractivity contribution in [3.05, 3.63) is 87.6 Å². The van der Waals surface area contributed by atoms with Crippen LogP contribution in [-0.4, -0.2) is 25.1 Å². The molecule has 2 aromatic heterocycles. The van der Waals surface area contributed by atoms with Gasteiger partial charge >= 0.3 is 0 Å². The van der Waals surface area contributed by atoms with Gasteiger partial charge in [-0.1, -0.05) is 55.8 Å². The molecule has 5 rings (SSSR count). The zero-order valence-corrected chi connectivity index (χ0v) is 16.0. The van der Waals surface area contributed by atoms with E-state index in [2.05, 4.69) is 10.1 Å². The van der Waals surface area contributed by atoms with Crippen LogP contribution in [0.25, 0.3) is 16.7 Å². The molecule has 140 valence electrons. The van der Waals surface area contributed by atoms with Crippen molar-refractivity contribution in [1.29, 1.82) is 0 Å². The van der Waals surface area contributed by atoms with Crippen LogP contribution in [0.1, 0.15) is 41.2 Å². The Morgan fingerprint density at radius 1 is 1.00 bits per heavy atom. The summed E-state index contributed by atoms with van der Waals surface area (Å²) in [5.41, 5.74) is 3.29. The molecule has 0 fully saturated rings. The number of nitrogens with zero attached hydrogens (tertiary/aromatic N) is 4. The quantitative estimate of drug-likeness (QED) is 0.475. The van der Waals surface area contributed by atoms with Gasteiger partial charge in [-0.15, -0.1) is 0 Å². The van der Waals surface area contributed by atoms with Crippen LogP contribution in [-0.2, 0) is 6.54 Å². The SMILES string of the molecule is CC.Cc1ccc2c(c1)C(=O)c1nc3c(cnn3Cc3ccccc3)c(=O)n1-2. The molecule has 2 aromatic carbocycles. The van der Waals surface area contributed by atoms with Crippen molar-refractivity contribution in [3.63, 3.8) is 0 Å². The molecule has 0 aliphatic carbocycles. The Balaban J connectivity index is 0.000000932. The zero-order chi connectivity index (χ0) is 19.8. The number of hydrogen-bond acceptors (Lipinski definition) is 4. The highest BCUT2D eigenvalue weighted by Gasteiger charge is 2.31. The van der Waals surface area contributed by atoms with Gasteiger partial charge in [-0.05, 0) is 24.6 Å². The van der Waals surface area contributed by atoms with Crippen LogP contribution >= 0.6 is 0 Å². The number of carbonyl (C=O) groups is 1. The first-order valence-electron chi connectivity index (χ1n) is 9.32. The molecule has 0 bridgehead atoms. The van der Waals surface area contributed by atoms with E-state index in [-0.39, 0.29) is 17.2 Å². The number of rotatable bonds is 2. The molecule has 3 heterocycles. The van der Waals surface area contributed by atoms with E-state index in [4.69, 9.17) is 0 Å². The van der Waals surface area contributed by atoms with Crippen LogP contribution in [0, 0.1) is 6.92 Å². The standard InChI is InChI=1S/C20H14N4O2.C2H6/c1-12-7-8-16-14(9-12)17(25)19-22-18-15(20(26)24(16)19)10-21-23(18)11-13-5-3-2-4-6-13;1-2/h2-10H,11H2,1H3;1-2H3. The van der Waals surface area contributed by atoms with Crippen molar-refractivity contribution < 1.29 is 4.79 Å². The van der Waals surface area contributed by atoms with Crippen LogP contribution in [0.15, 0.2) is 59.5 Å². The van der Waals surface area contributed by atoms with Gasteiger partial charge in [0, 0.05) is 0 Å². The van der Waals surface area contributed by atoms with Gasteiger partial charge in [-0.2, -0.15) is 5.10 Å². The van der Waals surface area contributed by atoms with Crippen LogP contribution in [0.2, 0.25) is 0 Å². The molecule has 0 unspecified atom stereocenters. The molecule has 28 heavy (non-hydrogen) atoms. The summed E-state index contributed by atoms with van der Waals surface area (Å²) in [6, 6.07) is 15.3. The van der Waals surface area contributed by atoms with Gasteiger partial charge in [-0.25, -0.2) is 9.67 Å². The Morgan fingerprint density at radius 3 is 2.50 bits per heavy atom. The van der Waals surface area contributed by atoms with Crippen molar-refractivity contribution >= 4 is 16.8 Å². The lowest BCUT2D eigenvalue weighted by Gasteiger charge is -2.06. The Morgan fingerprint density at radius 2 is 1.75 bits per heavy atom. The number of carbonyl (C=O) groups excluding carboxylic acids is 1. The average Bonchev–Trinajstić information content (AvgIpc) is 3.25. The minimum atomic E-state index is -0.264. The summed E-state index contributed by atoms with van der Waals surface area (Å²) in [5.74, 6) is -0.0759. The summed E-state index contributed by atoms with van der Waals surface area (Å²) in [5, 5.41) is 4.72. The maximum Gasteiger partial charge on any atom is 0.269 e. The van der Waals surface area contributed by atoms with E-state index < -0.39 is 0 Å². The number of aromatic nitrogens is 4. The fraction of sp³-hybridized carbons (Fsp3) is 0.182. The molecule has 0 radical (unpaired) electrons. The predicted molar refractivity (Wildman–Crippen MR) is 108 cm³/mol. The first-order valence-corrected chi connectivity index (χ1v) is 9.32. The lowest BCUT2D eigenvalue weighted by atomic mass is 10.1. The van der Waals surface area contributed by atoms with Crippen molar-refractivity contribution in [2.45, 2.75) is 27.3 Å². The van der Waals surface area contributed by atoms with E-state index in [0.29, 0.717) is 28.8 Å². The molecule has 4 aromatic rings. The largest absolute Gasteiger partial charge is 0.285 e. The number of benzene rings is 2. The van der Waals surface area contributed by atoms with Crippen molar-refractivity contribution in [2.24, 2.45) is 0 Å².